The van der Waals surface area contributed by atoms with Gasteiger partial charge in [-0.1, -0.05) is 55.3 Å². The molecule has 0 amide bonds. The van der Waals surface area contributed by atoms with Crippen molar-refractivity contribution in [2.45, 2.75) is 81.7 Å². The summed E-state index contributed by atoms with van der Waals surface area (Å²) in [4.78, 5) is 16.9. The third-order valence-electron chi connectivity index (χ3n) is 11.0. The molecule has 6 heteroatoms. The van der Waals surface area contributed by atoms with Crippen molar-refractivity contribution in [3.05, 3.63) is 83.6 Å². The summed E-state index contributed by atoms with van der Waals surface area (Å²) < 4.78 is 0. The molecule has 6 nitrogen and oxygen atoms in total. The van der Waals surface area contributed by atoms with Crippen molar-refractivity contribution >= 4 is 11.0 Å². The SMILES string of the molecule is c1cc(-c2ccc(-c3ccc4nc([C@@H]5CCCN5)[nH]c4c3)c3c2CCC32CCCC2)ccc1-c1cnc([C@@H]2CCCN2)[nH]1. The Morgan fingerprint density at radius 1 is 0.674 bits per heavy atom. The zero-order chi connectivity index (χ0) is 28.4. The van der Waals surface area contributed by atoms with Crippen molar-refractivity contribution in [3.8, 4) is 33.5 Å². The van der Waals surface area contributed by atoms with E-state index in [0.29, 0.717) is 17.5 Å². The normalized spacial score (nSPS) is 22.7. The van der Waals surface area contributed by atoms with Gasteiger partial charge in [-0.15, -0.1) is 0 Å². The first-order chi connectivity index (χ1) is 21.2. The van der Waals surface area contributed by atoms with E-state index < -0.39 is 0 Å². The average molecular weight is 569 g/mol. The summed E-state index contributed by atoms with van der Waals surface area (Å²) in [5, 5.41) is 7.14. The maximum Gasteiger partial charge on any atom is 0.124 e. The van der Waals surface area contributed by atoms with Gasteiger partial charge in [0.15, 0.2) is 0 Å². The van der Waals surface area contributed by atoms with E-state index in [4.69, 9.17) is 9.97 Å². The third kappa shape index (κ3) is 4.29. The molecule has 0 radical (unpaired) electrons. The number of imidazole rings is 2. The zero-order valence-corrected chi connectivity index (χ0v) is 24.8. The quantitative estimate of drug-likeness (QED) is 0.174. The summed E-state index contributed by atoms with van der Waals surface area (Å²) in [7, 11) is 0. The van der Waals surface area contributed by atoms with Crippen molar-refractivity contribution in [2.75, 3.05) is 13.1 Å². The third-order valence-corrected chi connectivity index (χ3v) is 11.0. The average Bonchev–Trinajstić information content (AvgIpc) is 3.89. The Bertz CT molecular complexity index is 1790. The predicted molar refractivity (Wildman–Crippen MR) is 173 cm³/mol. The van der Waals surface area contributed by atoms with E-state index in [0.717, 1.165) is 54.3 Å². The second-order valence-electron chi connectivity index (χ2n) is 13.4. The van der Waals surface area contributed by atoms with Crippen LogP contribution in [-0.4, -0.2) is 33.0 Å². The summed E-state index contributed by atoms with van der Waals surface area (Å²) in [5.41, 5.74) is 13.5. The number of fused-ring (bicyclic) bond motifs is 3. The maximum atomic E-state index is 4.95. The number of hydrogen-bond acceptors (Lipinski definition) is 4. The molecule has 218 valence electrons. The molecule has 2 aromatic heterocycles. The van der Waals surface area contributed by atoms with Crippen LogP contribution in [0.2, 0.25) is 0 Å². The van der Waals surface area contributed by atoms with Crippen LogP contribution in [0, 0.1) is 0 Å². The van der Waals surface area contributed by atoms with Gasteiger partial charge in [-0.2, -0.15) is 0 Å². The lowest BCUT2D eigenvalue weighted by atomic mass is 9.76. The van der Waals surface area contributed by atoms with E-state index in [9.17, 15) is 0 Å². The summed E-state index contributed by atoms with van der Waals surface area (Å²) in [6.07, 6.45) is 14.5. The van der Waals surface area contributed by atoms with Crippen LogP contribution in [0.5, 0.6) is 0 Å². The molecule has 2 aliphatic heterocycles. The number of benzene rings is 3. The Kier molecular flexibility index (Phi) is 6.09. The molecular weight excluding hydrogens is 528 g/mol. The molecular formula is C37H40N6. The van der Waals surface area contributed by atoms with Crippen molar-refractivity contribution in [1.29, 1.82) is 0 Å². The van der Waals surface area contributed by atoms with Crippen molar-refractivity contribution in [1.82, 2.24) is 30.6 Å². The minimum atomic E-state index is 0.323. The van der Waals surface area contributed by atoms with Gasteiger partial charge in [-0.25, -0.2) is 9.97 Å². The lowest BCUT2D eigenvalue weighted by molar-refractivity contribution is 0.440. The van der Waals surface area contributed by atoms with E-state index in [2.05, 4.69) is 75.2 Å². The molecule has 2 saturated heterocycles. The number of H-pyrrole nitrogens is 2. The molecule has 4 N–H and O–H groups in total. The molecule has 0 unspecified atom stereocenters. The van der Waals surface area contributed by atoms with E-state index in [1.165, 1.54) is 79.2 Å². The van der Waals surface area contributed by atoms with Crippen LogP contribution < -0.4 is 10.6 Å². The van der Waals surface area contributed by atoms with Crippen molar-refractivity contribution in [3.63, 3.8) is 0 Å². The van der Waals surface area contributed by atoms with E-state index in [1.807, 2.05) is 6.20 Å². The van der Waals surface area contributed by atoms with Crippen LogP contribution in [0.1, 0.15) is 92.6 Å². The smallest absolute Gasteiger partial charge is 0.124 e. The van der Waals surface area contributed by atoms with Gasteiger partial charge in [0.25, 0.3) is 0 Å². The number of rotatable bonds is 5. The molecule has 1 spiro atoms. The van der Waals surface area contributed by atoms with Gasteiger partial charge < -0.3 is 20.6 Å². The van der Waals surface area contributed by atoms with Crippen LogP contribution in [0.4, 0.5) is 0 Å². The highest BCUT2D eigenvalue weighted by Crippen LogP contribution is 2.55. The molecule has 43 heavy (non-hydrogen) atoms. The van der Waals surface area contributed by atoms with Crippen LogP contribution in [-0.2, 0) is 11.8 Å². The summed E-state index contributed by atoms with van der Waals surface area (Å²) in [5.74, 6) is 2.15. The molecule has 4 aliphatic rings. The van der Waals surface area contributed by atoms with Gasteiger partial charge in [-0.3, -0.25) is 0 Å². The molecule has 0 bridgehead atoms. The lowest BCUT2D eigenvalue weighted by Crippen LogP contribution is -2.19. The first-order valence-electron chi connectivity index (χ1n) is 16.5. The van der Waals surface area contributed by atoms with Gasteiger partial charge >= 0.3 is 0 Å². The van der Waals surface area contributed by atoms with E-state index in [1.54, 1.807) is 11.1 Å². The maximum absolute atomic E-state index is 4.95. The van der Waals surface area contributed by atoms with Crippen molar-refractivity contribution < 1.29 is 0 Å². The van der Waals surface area contributed by atoms with Gasteiger partial charge in [0.2, 0.25) is 0 Å². The second-order valence-corrected chi connectivity index (χ2v) is 13.4. The van der Waals surface area contributed by atoms with Gasteiger partial charge in [0, 0.05) is 0 Å². The highest BCUT2D eigenvalue weighted by Gasteiger charge is 2.43. The monoisotopic (exact) mass is 568 g/mol. The van der Waals surface area contributed by atoms with Crippen molar-refractivity contribution in [2.24, 2.45) is 0 Å². The summed E-state index contributed by atoms with van der Waals surface area (Å²) in [6, 6.07) is 21.6. The fourth-order valence-electron chi connectivity index (χ4n) is 8.75. The topological polar surface area (TPSA) is 81.4 Å². The minimum absolute atomic E-state index is 0.323. The summed E-state index contributed by atoms with van der Waals surface area (Å²) in [6.45, 7) is 2.16. The molecule has 3 fully saturated rings. The molecule has 5 aromatic rings. The highest BCUT2D eigenvalue weighted by molar-refractivity contribution is 5.86. The molecule has 3 aromatic carbocycles. The lowest BCUT2D eigenvalue weighted by Gasteiger charge is -2.28. The zero-order valence-electron chi connectivity index (χ0n) is 24.8. The fraction of sp³-hybridized carbons (Fsp3) is 0.405. The highest BCUT2D eigenvalue weighted by atomic mass is 15.0. The van der Waals surface area contributed by atoms with Crippen LogP contribution in [0.25, 0.3) is 44.5 Å². The number of nitrogens with one attached hydrogen (secondary N) is 4. The van der Waals surface area contributed by atoms with Gasteiger partial charge in [-0.05, 0) is 121 Å². The number of aromatic nitrogens is 4. The number of aromatic amines is 2. The molecule has 1 saturated carbocycles. The van der Waals surface area contributed by atoms with Gasteiger partial charge in [0.1, 0.15) is 11.6 Å². The first kappa shape index (κ1) is 25.7. The van der Waals surface area contributed by atoms with E-state index >= 15 is 0 Å². The Labute approximate surface area is 253 Å². The molecule has 2 aliphatic carbocycles. The minimum Gasteiger partial charge on any atom is -0.341 e. The number of hydrogen-bond donors (Lipinski definition) is 4. The standard InChI is InChI=1S/C37H40N6/c1-2-17-37(16-1)18-15-28-26(23-7-9-24(10-8-23)33-22-40-35(43-33)30-5-3-19-38-30)12-13-27(34(28)37)25-11-14-29-32(21-25)42-36(41-29)31-6-4-20-39-31/h7-14,21-22,30-31,38-39H,1-6,15-20H2,(H,40,43)(H,41,42)/t30-,31-/m0/s1. The predicted octanol–water partition coefficient (Wildman–Crippen LogP) is 7.89. The molecule has 2 atom stereocenters. The van der Waals surface area contributed by atoms with Crippen LogP contribution in [0.3, 0.4) is 0 Å². The van der Waals surface area contributed by atoms with Gasteiger partial charge in [0.05, 0.1) is 35.0 Å². The summed E-state index contributed by atoms with van der Waals surface area (Å²) >= 11 is 0. The Balaban J connectivity index is 1.09. The molecule has 4 heterocycles. The van der Waals surface area contributed by atoms with E-state index in [-0.39, 0.29) is 0 Å². The largest absolute Gasteiger partial charge is 0.341 e. The molecule has 9 rings (SSSR count). The van der Waals surface area contributed by atoms with Crippen LogP contribution >= 0.6 is 0 Å². The Morgan fingerprint density at radius 2 is 1.40 bits per heavy atom. The van der Waals surface area contributed by atoms with Crippen LogP contribution in [0.15, 0.2) is 60.8 Å². The Morgan fingerprint density at radius 3 is 2.16 bits per heavy atom. The fourth-order valence-corrected chi connectivity index (χ4v) is 8.75. The first-order valence-corrected chi connectivity index (χ1v) is 16.5. The number of nitrogens with zero attached hydrogens (tertiary/aromatic N) is 2. The second kappa shape index (κ2) is 10.2. The Hall–Kier alpha value is -3.74.